The van der Waals surface area contributed by atoms with Crippen molar-refractivity contribution >= 4 is 33.5 Å². The first-order chi connectivity index (χ1) is 8.08. The Labute approximate surface area is 104 Å². The van der Waals surface area contributed by atoms with E-state index >= 15 is 0 Å². The number of nitrogens with one attached hydrogen (secondary N) is 1. The monoisotopic (exact) mass is 246 g/mol. The standard InChI is InChI=1S/C13H14N2OS/c1-8-7-10(9(2)16)13(17-8)15-12-6-4-3-5-11(12)14/h3-7,15H,14H2,1-2H3. The second kappa shape index (κ2) is 4.59. The molecule has 0 radical (unpaired) electrons. The Balaban J connectivity index is 2.36. The molecule has 0 aliphatic rings. The van der Waals surface area contributed by atoms with Gasteiger partial charge in [0, 0.05) is 4.88 Å². The highest BCUT2D eigenvalue weighted by atomic mass is 32.1. The maximum atomic E-state index is 11.5. The average molecular weight is 246 g/mol. The fourth-order valence-corrected chi connectivity index (χ4v) is 2.57. The van der Waals surface area contributed by atoms with Crippen LogP contribution in [0.4, 0.5) is 16.4 Å². The summed E-state index contributed by atoms with van der Waals surface area (Å²) >= 11 is 1.56. The first-order valence-electron chi connectivity index (χ1n) is 5.31. The van der Waals surface area contributed by atoms with E-state index in [4.69, 9.17) is 5.73 Å². The lowest BCUT2D eigenvalue weighted by atomic mass is 10.2. The fraction of sp³-hybridized carbons (Fsp3) is 0.154. The highest BCUT2D eigenvalue weighted by Gasteiger charge is 2.11. The van der Waals surface area contributed by atoms with Crippen molar-refractivity contribution in [1.82, 2.24) is 0 Å². The van der Waals surface area contributed by atoms with Gasteiger partial charge in [0.05, 0.1) is 16.9 Å². The zero-order valence-electron chi connectivity index (χ0n) is 9.78. The van der Waals surface area contributed by atoms with Crippen LogP contribution >= 0.6 is 11.3 Å². The molecular weight excluding hydrogens is 232 g/mol. The highest BCUT2D eigenvalue weighted by molar-refractivity contribution is 7.16. The minimum Gasteiger partial charge on any atom is -0.397 e. The molecule has 3 nitrogen and oxygen atoms in total. The van der Waals surface area contributed by atoms with Crippen molar-refractivity contribution in [2.75, 3.05) is 11.1 Å². The number of nitrogen functional groups attached to an aromatic ring is 1. The third-order valence-corrected chi connectivity index (χ3v) is 3.41. The van der Waals surface area contributed by atoms with Crippen molar-refractivity contribution in [2.45, 2.75) is 13.8 Å². The smallest absolute Gasteiger partial charge is 0.162 e. The molecule has 0 saturated carbocycles. The Morgan fingerprint density at radius 3 is 2.71 bits per heavy atom. The predicted molar refractivity (Wildman–Crippen MR) is 73.2 cm³/mol. The van der Waals surface area contributed by atoms with E-state index < -0.39 is 0 Å². The summed E-state index contributed by atoms with van der Waals surface area (Å²) in [7, 11) is 0. The summed E-state index contributed by atoms with van der Waals surface area (Å²) in [6, 6.07) is 9.41. The molecule has 2 aromatic rings. The number of hydrogen-bond donors (Lipinski definition) is 2. The lowest BCUT2D eigenvalue weighted by Crippen LogP contribution is -1.98. The number of ketones is 1. The SMILES string of the molecule is CC(=O)c1cc(C)sc1Nc1ccccc1N. The molecule has 0 spiro atoms. The molecular formula is C13H14N2OS. The summed E-state index contributed by atoms with van der Waals surface area (Å²) in [6.07, 6.45) is 0. The summed E-state index contributed by atoms with van der Waals surface area (Å²) in [6.45, 7) is 3.55. The van der Waals surface area contributed by atoms with Gasteiger partial charge in [-0.05, 0) is 32.0 Å². The van der Waals surface area contributed by atoms with E-state index in [-0.39, 0.29) is 5.78 Å². The van der Waals surface area contributed by atoms with Crippen molar-refractivity contribution in [2.24, 2.45) is 0 Å². The quantitative estimate of drug-likeness (QED) is 0.643. The Morgan fingerprint density at radius 1 is 1.35 bits per heavy atom. The summed E-state index contributed by atoms with van der Waals surface area (Å²) < 4.78 is 0. The number of Topliss-reactive ketones (excluding diaryl/α,β-unsaturated/α-hetero) is 1. The number of benzene rings is 1. The van der Waals surface area contributed by atoms with Gasteiger partial charge in [0.15, 0.2) is 5.78 Å². The number of hydrogen-bond acceptors (Lipinski definition) is 4. The predicted octanol–water partition coefficient (Wildman–Crippen LogP) is 3.58. The number of nitrogens with two attached hydrogens (primary N) is 1. The van der Waals surface area contributed by atoms with Crippen LogP contribution in [-0.4, -0.2) is 5.78 Å². The van der Waals surface area contributed by atoms with E-state index in [2.05, 4.69) is 5.32 Å². The fourth-order valence-electron chi connectivity index (χ4n) is 1.60. The second-order valence-corrected chi connectivity index (χ2v) is 5.12. The Morgan fingerprint density at radius 2 is 2.06 bits per heavy atom. The number of thiophene rings is 1. The number of anilines is 3. The first kappa shape index (κ1) is 11.7. The third-order valence-electron chi connectivity index (χ3n) is 2.44. The highest BCUT2D eigenvalue weighted by Crippen LogP contribution is 2.32. The minimum absolute atomic E-state index is 0.0614. The van der Waals surface area contributed by atoms with Crippen molar-refractivity contribution in [3.63, 3.8) is 0 Å². The van der Waals surface area contributed by atoms with Crippen molar-refractivity contribution in [3.05, 3.63) is 40.8 Å². The number of rotatable bonds is 3. The second-order valence-electron chi connectivity index (χ2n) is 3.87. The normalized spacial score (nSPS) is 10.2. The number of carbonyl (C=O) groups is 1. The first-order valence-corrected chi connectivity index (χ1v) is 6.12. The number of aryl methyl sites for hydroxylation is 1. The molecule has 1 heterocycles. The van der Waals surface area contributed by atoms with Crippen LogP contribution in [0.3, 0.4) is 0 Å². The van der Waals surface area contributed by atoms with Gasteiger partial charge in [-0.2, -0.15) is 0 Å². The topological polar surface area (TPSA) is 55.1 Å². The zero-order valence-corrected chi connectivity index (χ0v) is 10.6. The summed E-state index contributed by atoms with van der Waals surface area (Å²) in [5.41, 5.74) is 8.08. The molecule has 0 aliphatic heterocycles. The molecule has 0 unspecified atom stereocenters. The lowest BCUT2D eigenvalue weighted by Gasteiger charge is -2.08. The summed E-state index contributed by atoms with van der Waals surface area (Å²) in [5.74, 6) is 0.0614. The molecule has 0 fully saturated rings. The molecule has 2 rings (SSSR count). The molecule has 0 bridgehead atoms. The maximum absolute atomic E-state index is 11.5. The summed E-state index contributed by atoms with van der Waals surface area (Å²) in [4.78, 5) is 12.6. The van der Waals surface area contributed by atoms with Gasteiger partial charge in [-0.1, -0.05) is 12.1 Å². The zero-order chi connectivity index (χ0) is 12.4. The maximum Gasteiger partial charge on any atom is 0.162 e. The van der Waals surface area contributed by atoms with Crippen LogP contribution in [0.25, 0.3) is 0 Å². The van der Waals surface area contributed by atoms with Gasteiger partial charge >= 0.3 is 0 Å². The van der Waals surface area contributed by atoms with Crippen LogP contribution in [0.1, 0.15) is 22.2 Å². The molecule has 1 aromatic heterocycles. The molecule has 17 heavy (non-hydrogen) atoms. The van der Waals surface area contributed by atoms with E-state index in [0.717, 1.165) is 21.1 Å². The van der Waals surface area contributed by atoms with Crippen molar-refractivity contribution < 1.29 is 4.79 Å². The van der Waals surface area contributed by atoms with Crippen molar-refractivity contribution in [3.8, 4) is 0 Å². The third kappa shape index (κ3) is 2.47. The van der Waals surface area contributed by atoms with Crippen LogP contribution in [-0.2, 0) is 0 Å². The molecule has 0 amide bonds. The van der Waals surface area contributed by atoms with E-state index in [9.17, 15) is 4.79 Å². The van der Waals surface area contributed by atoms with Gasteiger partial charge in [0.1, 0.15) is 5.00 Å². The van der Waals surface area contributed by atoms with Crippen molar-refractivity contribution in [1.29, 1.82) is 0 Å². The molecule has 3 N–H and O–H groups in total. The van der Waals surface area contributed by atoms with Gasteiger partial charge in [-0.15, -0.1) is 11.3 Å². The van der Waals surface area contributed by atoms with Gasteiger partial charge in [-0.25, -0.2) is 0 Å². The largest absolute Gasteiger partial charge is 0.397 e. The minimum atomic E-state index is 0.0614. The Kier molecular flexibility index (Phi) is 3.15. The molecule has 0 aliphatic carbocycles. The molecule has 0 atom stereocenters. The van der Waals surface area contributed by atoms with Gasteiger partial charge in [-0.3, -0.25) is 4.79 Å². The molecule has 0 saturated heterocycles. The Bertz CT molecular complexity index is 560. The van der Waals surface area contributed by atoms with E-state index in [1.807, 2.05) is 37.3 Å². The van der Waals surface area contributed by atoms with Gasteiger partial charge < -0.3 is 11.1 Å². The van der Waals surface area contributed by atoms with Crippen LogP contribution in [0.15, 0.2) is 30.3 Å². The molecule has 4 heteroatoms. The number of carbonyl (C=O) groups excluding carboxylic acids is 1. The van der Waals surface area contributed by atoms with Crippen LogP contribution in [0.5, 0.6) is 0 Å². The van der Waals surface area contributed by atoms with E-state index in [1.165, 1.54) is 0 Å². The van der Waals surface area contributed by atoms with E-state index in [0.29, 0.717) is 5.69 Å². The van der Waals surface area contributed by atoms with Gasteiger partial charge in [0.25, 0.3) is 0 Å². The van der Waals surface area contributed by atoms with Crippen LogP contribution in [0.2, 0.25) is 0 Å². The lowest BCUT2D eigenvalue weighted by molar-refractivity contribution is 0.101. The molecule has 1 aromatic carbocycles. The van der Waals surface area contributed by atoms with Crippen LogP contribution in [0, 0.1) is 6.92 Å². The number of para-hydroxylation sites is 2. The summed E-state index contributed by atoms with van der Waals surface area (Å²) in [5, 5.41) is 4.07. The van der Waals surface area contributed by atoms with Gasteiger partial charge in [0.2, 0.25) is 0 Å². The molecule has 88 valence electrons. The Hall–Kier alpha value is -1.81. The average Bonchev–Trinajstić information content (AvgIpc) is 2.63. The van der Waals surface area contributed by atoms with E-state index in [1.54, 1.807) is 18.3 Å². The van der Waals surface area contributed by atoms with Crippen LogP contribution < -0.4 is 11.1 Å².